The summed E-state index contributed by atoms with van der Waals surface area (Å²) in [5.74, 6) is 2.25. The molecule has 0 radical (unpaired) electrons. The van der Waals surface area contributed by atoms with Crippen molar-refractivity contribution in [2.24, 2.45) is 16.3 Å². The van der Waals surface area contributed by atoms with Crippen molar-refractivity contribution in [2.45, 2.75) is 38.0 Å². The number of amidine groups is 1. The van der Waals surface area contributed by atoms with Crippen LogP contribution in [0.3, 0.4) is 0 Å². The van der Waals surface area contributed by atoms with E-state index in [9.17, 15) is 0 Å². The Balaban J connectivity index is 2.28. The highest BCUT2D eigenvalue weighted by Crippen LogP contribution is 2.26. The predicted octanol–water partition coefficient (Wildman–Crippen LogP) is 3.73. The number of oxime groups is 1. The molecule has 0 unspecified atom stereocenters. The van der Waals surface area contributed by atoms with Crippen LogP contribution in [0, 0.1) is 5.41 Å². The number of nitrogens with two attached hydrogens (primary N) is 1. The lowest BCUT2D eigenvalue weighted by Gasteiger charge is -2.22. The molecule has 0 spiro atoms. The molecule has 5 heteroatoms. The van der Waals surface area contributed by atoms with E-state index in [1.807, 2.05) is 43.8 Å². The third kappa shape index (κ3) is 5.33. The molecule has 20 heavy (non-hydrogen) atoms. The molecule has 0 aliphatic rings. The number of hydrogen-bond donors (Lipinski definition) is 2. The predicted molar refractivity (Wildman–Crippen MR) is 84.8 cm³/mol. The lowest BCUT2D eigenvalue weighted by atomic mass is 9.86. The first kappa shape index (κ1) is 16.7. The molecule has 0 aliphatic carbocycles. The van der Waals surface area contributed by atoms with Gasteiger partial charge in [0.05, 0.1) is 7.11 Å². The van der Waals surface area contributed by atoms with E-state index < -0.39 is 0 Å². The summed E-state index contributed by atoms with van der Waals surface area (Å²) in [6, 6.07) is 8.09. The summed E-state index contributed by atoms with van der Waals surface area (Å²) in [6.45, 7) is 3.99. The van der Waals surface area contributed by atoms with Crippen molar-refractivity contribution in [1.82, 2.24) is 0 Å². The lowest BCUT2D eigenvalue weighted by Crippen LogP contribution is -2.31. The average molecular weight is 296 g/mol. The van der Waals surface area contributed by atoms with Gasteiger partial charge in [0, 0.05) is 10.3 Å². The van der Waals surface area contributed by atoms with Gasteiger partial charge in [0.1, 0.15) is 11.6 Å². The molecular formula is C15H24N2O2S. The zero-order chi connectivity index (χ0) is 15.0. The topological polar surface area (TPSA) is 67.8 Å². The Morgan fingerprint density at radius 2 is 2.15 bits per heavy atom. The summed E-state index contributed by atoms with van der Waals surface area (Å²) >= 11 is 1.82. The molecule has 0 saturated carbocycles. The molecule has 0 aliphatic heterocycles. The highest BCUT2D eigenvalue weighted by atomic mass is 32.2. The Bertz CT molecular complexity index is 447. The molecule has 4 nitrogen and oxygen atoms in total. The molecule has 3 N–H and O–H groups in total. The van der Waals surface area contributed by atoms with Crippen LogP contribution in [0.25, 0.3) is 0 Å². The van der Waals surface area contributed by atoms with Gasteiger partial charge < -0.3 is 15.7 Å². The SMILES string of the molecule is COc1cccc(SCCCCC(C)(C)/C(N)=N/O)c1. The summed E-state index contributed by atoms with van der Waals surface area (Å²) in [4.78, 5) is 1.22. The first-order valence-corrected chi connectivity index (χ1v) is 7.73. The van der Waals surface area contributed by atoms with E-state index in [4.69, 9.17) is 15.7 Å². The number of hydrogen-bond acceptors (Lipinski definition) is 4. The standard InChI is InChI=1S/C15H24N2O2S/c1-15(2,14(16)17-18)9-4-5-10-20-13-8-6-7-12(11-13)19-3/h6-8,11,18H,4-5,9-10H2,1-3H3,(H2,16,17). The first-order chi connectivity index (χ1) is 9.49. The van der Waals surface area contributed by atoms with Crippen molar-refractivity contribution in [3.8, 4) is 5.75 Å². The summed E-state index contributed by atoms with van der Waals surface area (Å²) in [7, 11) is 1.68. The number of ether oxygens (including phenoxy) is 1. The zero-order valence-electron chi connectivity index (χ0n) is 12.4. The van der Waals surface area contributed by atoms with E-state index in [2.05, 4.69) is 11.2 Å². The van der Waals surface area contributed by atoms with Gasteiger partial charge in [-0.25, -0.2) is 0 Å². The minimum absolute atomic E-state index is 0.241. The van der Waals surface area contributed by atoms with E-state index >= 15 is 0 Å². The smallest absolute Gasteiger partial charge is 0.144 e. The van der Waals surface area contributed by atoms with Crippen LogP contribution in [0.5, 0.6) is 5.75 Å². The Labute approximate surface area is 125 Å². The summed E-state index contributed by atoms with van der Waals surface area (Å²) in [5, 5.41) is 11.8. The molecule has 1 aromatic carbocycles. The van der Waals surface area contributed by atoms with Crippen molar-refractivity contribution < 1.29 is 9.94 Å². The maximum atomic E-state index is 8.72. The zero-order valence-corrected chi connectivity index (χ0v) is 13.2. The van der Waals surface area contributed by atoms with Gasteiger partial charge in [-0.3, -0.25) is 0 Å². The van der Waals surface area contributed by atoms with Crippen molar-refractivity contribution in [2.75, 3.05) is 12.9 Å². The van der Waals surface area contributed by atoms with Crippen LogP contribution < -0.4 is 10.5 Å². The first-order valence-electron chi connectivity index (χ1n) is 6.74. The number of benzene rings is 1. The van der Waals surface area contributed by atoms with E-state index in [0.29, 0.717) is 5.84 Å². The number of unbranched alkanes of at least 4 members (excludes halogenated alkanes) is 1. The Morgan fingerprint density at radius 1 is 1.40 bits per heavy atom. The van der Waals surface area contributed by atoms with Crippen LogP contribution in [-0.2, 0) is 0 Å². The molecule has 0 aromatic heterocycles. The van der Waals surface area contributed by atoms with Gasteiger partial charge in [-0.2, -0.15) is 0 Å². The highest BCUT2D eigenvalue weighted by molar-refractivity contribution is 7.99. The number of rotatable bonds is 8. The molecule has 0 saturated heterocycles. The monoisotopic (exact) mass is 296 g/mol. The fraction of sp³-hybridized carbons (Fsp3) is 0.533. The van der Waals surface area contributed by atoms with E-state index in [1.54, 1.807) is 7.11 Å². The molecule has 112 valence electrons. The fourth-order valence-electron chi connectivity index (χ4n) is 1.81. The Hall–Kier alpha value is -1.36. The third-order valence-electron chi connectivity index (χ3n) is 3.31. The van der Waals surface area contributed by atoms with Gasteiger partial charge in [0.15, 0.2) is 0 Å². The van der Waals surface area contributed by atoms with Crippen LogP contribution in [-0.4, -0.2) is 23.9 Å². The van der Waals surface area contributed by atoms with E-state index in [0.717, 1.165) is 30.8 Å². The van der Waals surface area contributed by atoms with Crippen molar-refractivity contribution in [1.29, 1.82) is 0 Å². The van der Waals surface area contributed by atoms with Gasteiger partial charge in [-0.1, -0.05) is 31.5 Å². The molecule has 1 rings (SSSR count). The summed E-state index contributed by atoms with van der Waals surface area (Å²) in [6.07, 6.45) is 3.08. The molecule has 1 aromatic rings. The molecular weight excluding hydrogens is 272 g/mol. The maximum Gasteiger partial charge on any atom is 0.144 e. The third-order valence-corrected chi connectivity index (χ3v) is 4.39. The van der Waals surface area contributed by atoms with Crippen LogP contribution in [0.15, 0.2) is 34.3 Å². The summed E-state index contributed by atoms with van der Waals surface area (Å²) in [5.41, 5.74) is 5.43. The molecule has 0 atom stereocenters. The van der Waals surface area contributed by atoms with E-state index in [-0.39, 0.29) is 5.41 Å². The van der Waals surface area contributed by atoms with Crippen LogP contribution in [0.4, 0.5) is 0 Å². The van der Waals surface area contributed by atoms with Crippen molar-refractivity contribution in [3.63, 3.8) is 0 Å². The molecule has 0 amide bonds. The number of thioether (sulfide) groups is 1. The highest BCUT2D eigenvalue weighted by Gasteiger charge is 2.22. The van der Waals surface area contributed by atoms with Crippen molar-refractivity contribution in [3.05, 3.63) is 24.3 Å². The minimum Gasteiger partial charge on any atom is -0.497 e. The normalized spacial score (nSPS) is 12.4. The molecule has 0 fully saturated rings. The van der Waals surface area contributed by atoms with Gasteiger partial charge in [0.2, 0.25) is 0 Å². The quantitative estimate of drug-likeness (QED) is 0.191. The Kier molecular flexibility index (Phi) is 6.71. The van der Waals surface area contributed by atoms with Gasteiger partial charge in [-0.15, -0.1) is 11.8 Å². The summed E-state index contributed by atoms with van der Waals surface area (Å²) < 4.78 is 5.20. The van der Waals surface area contributed by atoms with Gasteiger partial charge >= 0.3 is 0 Å². The second kappa shape index (κ2) is 8.04. The fourth-order valence-corrected chi connectivity index (χ4v) is 2.77. The lowest BCUT2D eigenvalue weighted by molar-refractivity contribution is 0.304. The second-order valence-corrected chi connectivity index (χ2v) is 6.52. The van der Waals surface area contributed by atoms with E-state index in [1.165, 1.54) is 4.90 Å². The minimum atomic E-state index is -0.241. The van der Waals surface area contributed by atoms with Gasteiger partial charge in [-0.05, 0) is 36.8 Å². The maximum absolute atomic E-state index is 8.72. The largest absolute Gasteiger partial charge is 0.497 e. The number of methoxy groups -OCH3 is 1. The molecule has 0 bridgehead atoms. The van der Waals surface area contributed by atoms with Crippen LogP contribution in [0.2, 0.25) is 0 Å². The average Bonchev–Trinajstić information content (AvgIpc) is 2.46. The number of nitrogens with zero attached hydrogens (tertiary/aromatic N) is 1. The van der Waals surface area contributed by atoms with Crippen molar-refractivity contribution >= 4 is 17.6 Å². The molecule has 0 heterocycles. The van der Waals surface area contributed by atoms with Crippen LogP contribution >= 0.6 is 11.8 Å². The Morgan fingerprint density at radius 3 is 2.80 bits per heavy atom. The second-order valence-electron chi connectivity index (χ2n) is 5.35. The van der Waals surface area contributed by atoms with Gasteiger partial charge in [0.25, 0.3) is 0 Å². The van der Waals surface area contributed by atoms with Crippen LogP contribution in [0.1, 0.15) is 33.1 Å².